The van der Waals surface area contributed by atoms with Gasteiger partial charge in [-0.1, -0.05) is 6.07 Å². The number of fused-ring (bicyclic) bond motifs is 1. The zero-order chi connectivity index (χ0) is 9.97. The number of ether oxygens (including phenoxy) is 2. The van der Waals surface area contributed by atoms with Crippen molar-refractivity contribution >= 4 is 0 Å². The van der Waals surface area contributed by atoms with Gasteiger partial charge >= 0.3 is 0 Å². The van der Waals surface area contributed by atoms with Crippen LogP contribution in [0.15, 0.2) is 18.2 Å². The molecule has 0 bridgehead atoms. The Morgan fingerprint density at radius 1 is 1.21 bits per heavy atom. The highest BCUT2D eigenvalue weighted by atomic mass is 16.6. The van der Waals surface area contributed by atoms with Gasteiger partial charge in [0, 0.05) is 0 Å². The molecule has 1 aromatic rings. The number of rotatable bonds is 2. The molecule has 0 amide bonds. The van der Waals surface area contributed by atoms with Crippen LogP contribution in [0.5, 0.6) is 11.5 Å². The fraction of sp³-hybridized carbons (Fsp3) is 0.400. The molecule has 1 aliphatic heterocycles. The Balaban J connectivity index is 2.29. The smallest absolute Gasteiger partial charge is 0.161 e. The minimum absolute atomic E-state index is 0.292. The zero-order valence-electron chi connectivity index (χ0n) is 7.64. The zero-order valence-corrected chi connectivity index (χ0v) is 7.64. The molecule has 76 valence electrons. The Hall–Kier alpha value is -1.26. The van der Waals surface area contributed by atoms with Gasteiger partial charge in [-0.3, -0.25) is 0 Å². The van der Waals surface area contributed by atoms with Crippen molar-refractivity contribution < 1.29 is 19.7 Å². The molecule has 0 fully saturated rings. The summed E-state index contributed by atoms with van der Waals surface area (Å²) in [5, 5.41) is 18.2. The van der Waals surface area contributed by atoms with E-state index in [9.17, 15) is 5.11 Å². The number of benzene rings is 1. The number of aliphatic hydroxyl groups is 2. The molecule has 0 aliphatic carbocycles. The lowest BCUT2D eigenvalue weighted by Crippen LogP contribution is -2.15. The van der Waals surface area contributed by atoms with Crippen LogP contribution in [0, 0.1) is 0 Å². The molecule has 0 unspecified atom stereocenters. The minimum atomic E-state index is -0.856. The first-order chi connectivity index (χ1) is 6.81. The number of hydrogen-bond acceptors (Lipinski definition) is 4. The van der Waals surface area contributed by atoms with E-state index in [1.165, 1.54) is 0 Å². The molecule has 14 heavy (non-hydrogen) atoms. The molecule has 4 nitrogen and oxygen atoms in total. The fourth-order valence-corrected chi connectivity index (χ4v) is 1.37. The first-order valence-corrected chi connectivity index (χ1v) is 4.49. The summed E-state index contributed by atoms with van der Waals surface area (Å²) in [7, 11) is 0. The molecular weight excluding hydrogens is 184 g/mol. The van der Waals surface area contributed by atoms with Crippen molar-refractivity contribution in [2.75, 3.05) is 19.8 Å². The van der Waals surface area contributed by atoms with E-state index in [1.54, 1.807) is 18.2 Å². The lowest BCUT2D eigenvalue weighted by molar-refractivity contribution is 0.0948. The maximum atomic E-state index is 9.38. The molecular formula is C10H12O4. The Morgan fingerprint density at radius 3 is 2.64 bits per heavy atom. The Bertz CT molecular complexity index is 324. The number of hydrogen-bond donors (Lipinski definition) is 2. The standard InChI is InChI=1S/C10H12O4/c11-6-8(12)7-1-2-9-10(5-7)14-4-3-13-9/h1-2,5,8,11-12H,3-4,6H2/t8-/m1/s1. The van der Waals surface area contributed by atoms with E-state index >= 15 is 0 Å². The van der Waals surface area contributed by atoms with E-state index in [0.717, 1.165) is 0 Å². The van der Waals surface area contributed by atoms with Crippen LogP contribution in [0.1, 0.15) is 11.7 Å². The molecule has 2 rings (SSSR count). The molecule has 2 N–H and O–H groups in total. The predicted octanol–water partition coefficient (Wildman–Crippen LogP) is 0.483. The van der Waals surface area contributed by atoms with Gasteiger partial charge in [-0.15, -0.1) is 0 Å². The van der Waals surface area contributed by atoms with Crippen molar-refractivity contribution in [3.05, 3.63) is 23.8 Å². The average Bonchev–Trinajstić information content (AvgIpc) is 2.27. The summed E-state index contributed by atoms with van der Waals surface area (Å²) in [5.74, 6) is 1.31. The molecule has 1 aliphatic rings. The van der Waals surface area contributed by atoms with Gasteiger partial charge in [-0.05, 0) is 17.7 Å². The van der Waals surface area contributed by atoms with Crippen LogP contribution < -0.4 is 9.47 Å². The normalized spacial score (nSPS) is 16.4. The summed E-state index contributed by atoms with van der Waals surface area (Å²) >= 11 is 0. The highest BCUT2D eigenvalue weighted by Gasteiger charge is 2.14. The fourth-order valence-electron chi connectivity index (χ4n) is 1.37. The van der Waals surface area contributed by atoms with Gasteiger partial charge in [0.25, 0.3) is 0 Å². The lowest BCUT2D eigenvalue weighted by Gasteiger charge is -2.19. The van der Waals surface area contributed by atoms with Gasteiger partial charge < -0.3 is 19.7 Å². The van der Waals surface area contributed by atoms with Crippen LogP contribution in [0.2, 0.25) is 0 Å². The Morgan fingerprint density at radius 2 is 1.93 bits per heavy atom. The molecule has 0 spiro atoms. The van der Waals surface area contributed by atoms with E-state index in [2.05, 4.69) is 0 Å². The summed E-state index contributed by atoms with van der Waals surface area (Å²) in [4.78, 5) is 0. The quantitative estimate of drug-likeness (QED) is 0.722. The van der Waals surface area contributed by atoms with E-state index in [4.69, 9.17) is 14.6 Å². The molecule has 0 saturated heterocycles. The second-order valence-electron chi connectivity index (χ2n) is 3.10. The van der Waals surface area contributed by atoms with E-state index in [0.29, 0.717) is 30.3 Å². The van der Waals surface area contributed by atoms with Crippen molar-refractivity contribution in [2.45, 2.75) is 6.10 Å². The second-order valence-corrected chi connectivity index (χ2v) is 3.10. The molecule has 1 atom stereocenters. The van der Waals surface area contributed by atoms with E-state index in [-0.39, 0.29) is 6.61 Å². The van der Waals surface area contributed by atoms with Gasteiger partial charge in [-0.2, -0.15) is 0 Å². The van der Waals surface area contributed by atoms with Crippen LogP contribution >= 0.6 is 0 Å². The largest absolute Gasteiger partial charge is 0.486 e. The van der Waals surface area contributed by atoms with Crippen LogP contribution in [0.4, 0.5) is 0 Å². The van der Waals surface area contributed by atoms with Gasteiger partial charge in [0.2, 0.25) is 0 Å². The van der Waals surface area contributed by atoms with Crippen molar-refractivity contribution in [3.8, 4) is 11.5 Å². The van der Waals surface area contributed by atoms with Crippen LogP contribution in [-0.4, -0.2) is 30.0 Å². The molecule has 0 radical (unpaired) electrons. The van der Waals surface area contributed by atoms with Crippen molar-refractivity contribution in [1.29, 1.82) is 0 Å². The van der Waals surface area contributed by atoms with Crippen LogP contribution in [0.3, 0.4) is 0 Å². The van der Waals surface area contributed by atoms with Crippen LogP contribution in [0.25, 0.3) is 0 Å². The summed E-state index contributed by atoms with van der Waals surface area (Å²) in [6.45, 7) is 0.778. The highest BCUT2D eigenvalue weighted by molar-refractivity contribution is 5.44. The van der Waals surface area contributed by atoms with Crippen molar-refractivity contribution in [3.63, 3.8) is 0 Å². The molecule has 1 heterocycles. The van der Waals surface area contributed by atoms with Crippen molar-refractivity contribution in [1.82, 2.24) is 0 Å². The van der Waals surface area contributed by atoms with Gasteiger partial charge in [0.15, 0.2) is 11.5 Å². The van der Waals surface area contributed by atoms with E-state index in [1.807, 2.05) is 0 Å². The predicted molar refractivity (Wildman–Crippen MR) is 49.5 cm³/mol. The molecule has 0 aromatic heterocycles. The summed E-state index contributed by atoms with van der Waals surface area (Å²) < 4.78 is 10.7. The third-order valence-electron chi connectivity index (χ3n) is 2.12. The maximum absolute atomic E-state index is 9.38. The van der Waals surface area contributed by atoms with Crippen molar-refractivity contribution in [2.24, 2.45) is 0 Å². The first-order valence-electron chi connectivity index (χ1n) is 4.49. The summed E-state index contributed by atoms with van der Waals surface area (Å²) in [5.41, 5.74) is 0.636. The molecule has 1 aromatic carbocycles. The Kier molecular flexibility index (Phi) is 2.56. The maximum Gasteiger partial charge on any atom is 0.161 e. The summed E-state index contributed by atoms with van der Waals surface area (Å²) in [6.07, 6.45) is -0.856. The summed E-state index contributed by atoms with van der Waals surface area (Å²) in [6, 6.07) is 5.15. The lowest BCUT2D eigenvalue weighted by atomic mass is 10.1. The Labute approximate surface area is 81.7 Å². The topological polar surface area (TPSA) is 58.9 Å². The van der Waals surface area contributed by atoms with Crippen LogP contribution in [-0.2, 0) is 0 Å². The third-order valence-corrected chi connectivity index (χ3v) is 2.12. The average molecular weight is 196 g/mol. The third kappa shape index (κ3) is 1.66. The van der Waals surface area contributed by atoms with Gasteiger partial charge in [0.05, 0.1) is 6.61 Å². The van der Waals surface area contributed by atoms with Gasteiger partial charge in [0.1, 0.15) is 19.3 Å². The highest BCUT2D eigenvalue weighted by Crippen LogP contribution is 2.32. The number of aliphatic hydroxyl groups excluding tert-OH is 2. The second kappa shape index (κ2) is 3.86. The minimum Gasteiger partial charge on any atom is -0.486 e. The molecule has 4 heteroatoms. The monoisotopic (exact) mass is 196 g/mol. The SMILES string of the molecule is OC[C@@H](O)c1ccc2c(c1)OCCO2. The van der Waals surface area contributed by atoms with E-state index < -0.39 is 6.10 Å². The molecule has 0 saturated carbocycles. The first kappa shape index (κ1) is 9.30. The van der Waals surface area contributed by atoms with Gasteiger partial charge in [-0.25, -0.2) is 0 Å².